The largest absolute Gasteiger partial charge is 0.462 e. The molecule has 12 nitrogen and oxygen atoms in total. The van der Waals surface area contributed by atoms with Gasteiger partial charge in [0.25, 0.3) is 0 Å². The van der Waals surface area contributed by atoms with E-state index in [4.69, 9.17) is 51.2 Å². The number of esters is 1. The van der Waals surface area contributed by atoms with E-state index in [1.807, 2.05) is 87.5 Å². The number of rotatable bonds is 30. The fourth-order valence-electron chi connectivity index (χ4n) is 14.1. The summed E-state index contributed by atoms with van der Waals surface area (Å²) < 4.78 is 80.5. The molecule has 15 heteroatoms. The van der Waals surface area contributed by atoms with E-state index in [9.17, 15) is 4.79 Å². The first-order valence-corrected chi connectivity index (χ1v) is 37.1. The third-order valence-corrected chi connectivity index (χ3v) is 36.1. The second-order valence-electron chi connectivity index (χ2n) is 27.0. The lowest BCUT2D eigenvalue weighted by molar-refractivity contribution is -0.339. The Balaban J connectivity index is 1.78. The normalized spacial score (nSPS) is 24.5. The van der Waals surface area contributed by atoms with E-state index in [0.29, 0.717) is 6.61 Å². The van der Waals surface area contributed by atoms with Crippen molar-refractivity contribution >= 4 is 30.9 Å². The highest BCUT2D eigenvalue weighted by molar-refractivity contribution is 6.79. The average Bonchev–Trinajstić information content (AvgIpc) is 3.46. The third kappa shape index (κ3) is 16.5. The van der Waals surface area contributed by atoms with Gasteiger partial charge in [-0.1, -0.05) is 216 Å². The van der Waals surface area contributed by atoms with Crippen molar-refractivity contribution in [3.05, 3.63) is 108 Å². The van der Waals surface area contributed by atoms with Crippen LogP contribution in [0.3, 0.4) is 0 Å². The highest BCUT2D eigenvalue weighted by atomic mass is 28.4. The number of benzene rings is 3. The SMILES string of the molecule is CO[C@H]1O[C@H](CO[C@@H]2O[C@H](COC(=O)C(C)(C)C)[C@@H](O[Si](C(C)C)(C(C)C)C(C)C)[C@H](O[Si](C(C)C)(C(C)C)C(C)C)[C@H]2O[Si](C(C)C)(C(C)C)C(C)C)[C@@H](OCc2ccccc2)[C@H](OCc2ccccc2)[C@H]1OCc1ccccc1. The van der Waals surface area contributed by atoms with Crippen LogP contribution in [0.4, 0.5) is 0 Å². The summed E-state index contributed by atoms with van der Waals surface area (Å²) in [7, 11) is -6.72. The molecule has 0 N–H and O–H groups in total. The maximum absolute atomic E-state index is 14.0. The quantitative estimate of drug-likeness (QED) is 0.0467. The Hall–Kier alpha value is -2.62. The van der Waals surface area contributed by atoms with Crippen LogP contribution in [-0.4, -0.2) is 113 Å². The van der Waals surface area contributed by atoms with Gasteiger partial charge in [0.05, 0.1) is 31.8 Å². The van der Waals surface area contributed by atoms with Crippen molar-refractivity contribution in [1.82, 2.24) is 0 Å². The summed E-state index contributed by atoms with van der Waals surface area (Å²) in [6.45, 7) is 48.1. The summed E-state index contributed by atoms with van der Waals surface area (Å²) in [5.74, 6) is -0.329. The van der Waals surface area contributed by atoms with Crippen molar-refractivity contribution in [2.75, 3.05) is 20.3 Å². The van der Waals surface area contributed by atoms with Crippen LogP contribution in [0.25, 0.3) is 0 Å². The summed E-state index contributed by atoms with van der Waals surface area (Å²) in [6, 6.07) is 30.4. The molecule has 2 heterocycles. The molecule has 81 heavy (non-hydrogen) atoms. The van der Waals surface area contributed by atoms with E-state index in [2.05, 4.69) is 149 Å². The van der Waals surface area contributed by atoms with Gasteiger partial charge in [-0.25, -0.2) is 0 Å². The van der Waals surface area contributed by atoms with Gasteiger partial charge in [0, 0.05) is 7.11 Å². The minimum Gasteiger partial charge on any atom is -0.462 e. The molecule has 2 aliphatic heterocycles. The van der Waals surface area contributed by atoms with Gasteiger partial charge in [-0.05, 0) is 87.3 Å². The van der Waals surface area contributed by atoms with Crippen molar-refractivity contribution < 1.29 is 56.0 Å². The number of methoxy groups -OCH3 is 1. The van der Waals surface area contributed by atoms with Crippen molar-refractivity contribution in [3.63, 3.8) is 0 Å². The molecule has 3 aromatic rings. The predicted octanol–water partition coefficient (Wildman–Crippen LogP) is 16.1. The van der Waals surface area contributed by atoms with Crippen LogP contribution in [0.15, 0.2) is 91.0 Å². The molecule has 0 bridgehead atoms. The summed E-state index contributed by atoms with van der Waals surface area (Å²) in [5, 5.41) is 0. The number of ether oxygens (including phenoxy) is 8. The fourth-order valence-corrected chi connectivity index (χ4v) is 30.8. The molecular weight excluding hydrogens is 1070 g/mol. The number of carbonyl (C=O) groups is 1. The molecule has 0 radical (unpaired) electrons. The van der Waals surface area contributed by atoms with Gasteiger partial charge >= 0.3 is 5.97 Å². The monoisotopic (exact) mass is 1180 g/mol. The molecule has 0 aliphatic carbocycles. The van der Waals surface area contributed by atoms with Gasteiger partial charge in [-0.3, -0.25) is 4.79 Å². The zero-order chi connectivity index (χ0) is 60.2. The lowest BCUT2D eigenvalue weighted by Crippen LogP contribution is -2.70. The molecule has 0 saturated carbocycles. The minimum atomic E-state index is -2.81. The Labute approximate surface area is 494 Å². The van der Waals surface area contributed by atoms with Gasteiger partial charge < -0.3 is 51.2 Å². The first kappa shape index (κ1) is 69.2. The Morgan fingerprint density at radius 3 is 1.09 bits per heavy atom. The Kier molecular flexibility index (Phi) is 26.2. The second kappa shape index (κ2) is 30.6. The van der Waals surface area contributed by atoms with Crippen molar-refractivity contribution in [3.8, 4) is 0 Å². The zero-order valence-electron chi connectivity index (χ0n) is 54.1. The van der Waals surface area contributed by atoms with Crippen LogP contribution < -0.4 is 0 Å². The van der Waals surface area contributed by atoms with E-state index < -0.39 is 91.8 Å². The molecule has 5 rings (SSSR count). The van der Waals surface area contributed by atoms with Gasteiger partial charge in [0.2, 0.25) is 25.0 Å². The van der Waals surface area contributed by atoms with Crippen LogP contribution in [0.5, 0.6) is 0 Å². The number of hydrogen-bond acceptors (Lipinski definition) is 12. The molecule has 0 amide bonds. The summed E-state index contributed by atoms with van der Waals surface area (Å²) in [4.78, 5) is 14.0. The first-order chi connectivity index (χ1) is 38.1. The van der Waals surface area contributed by atoms with E-state index in [0.717, 1.165) is 16.7 Å². The standard InChI is InChI=1S/C66H110O12Si3/c1-43(2)79(44(3)4,45(5)6)76-58-56(42-73-65(67)66(19,20)21)75-64(62(78-81(49(13)14,50(15)16)51(17)18)60(58)77-80(46(7)8,47(9)10)48(11)12)72-41-55-57(69-38-52-32-26-23-27-33-52)59(70-39-53-34-28-24-29-35-53)61(63(68-22)74-55)71-40-54-36-30-25-31-37-54/h23-37,43-51,55-64H,38-42H2,1-22H3/t55-,56-,57-,58-,59+,60+,61-,62-,63+,64-/m1/s1. The topological polar surface area (TPSA) is 119 Å². The Bertz CT molecular complexity index is 2210. The average molecular weight is 1180 g/mol. The van der Waals surface area contributed by atoms with Crippen LogP contribution in [0.2, 0.25) is 49.9 Å². The molecule has 0 aromatic heterocycles. The molecule has 2 fully saturated rings. The van der Waals surface area contributed by atoms with E-state index in [1.54, 1.807) is 7.11 Å². The second-order valence-corrected chi connectivity index (χ2v) is 43.2. The lowest BCUT2D eigenvalue weighted by atomic mass is 9.96. The minimum absolute atomic E-state index is 0.0173. The molecule has 458 valence electrons. The van der Waals surface area contributed by atoms with Crippen LogP contribution in [-0.2, 0) is 75.8 Å². The summed E-state index contributed by atoms with van der Waals surface area (Å²) in [5.41, 5.74) is 4.18. The lowest BCUT2D eigenvalue weighted by Gasteiger charge is -2.57. The van der Waals surface area contributed by atoms with Gasteiger partial charge in [-0.15, -0.1) is 0 Å². The van der Waals surface area contributed by atoms with Crippen LogP contribution >= 0.6 is 0 Å². The summed E-state index contributed by atoms with van der Waals surface area (Å²) >= 11 is 0. The molecule has 2 saturated heterocycles. The van der Waals surface area contributed by atoms with Crippen molar-refractivity contribution in [2.24, 2.45) is 5.41 Å². The molecular formula is C66H110O12Si3. The Morgan fingerprint density at radius 1 is 0.407 bits per heavy atom. The van der Waals surface area contributed by atoms with E-state index in [-0.39, 0.29) is 82.3 Å². The van der Waals surface area contributed by atoms with Crippen molar-refractivity contribution in [2.45, 2.75) is 277 Å². The summed E-state index contributed by atoms with van der Waals surface area (Å²) in [6.07, 6.45) is -7.78. The molecule has 0 unspecified atom stereocenters. The third-order valence-electron chi connectivity index (χ3n) is 17.8. The molecule has 10 atom stereocenters. The van der Waals surface area contributed by atoms with Crippen molar-refractivity contribution in [1.29, 1.82) is 0 Å². The van der Waals surface area contributed by atoms with Gasteiger partial charge in [-0.2, -0.15) is 0 Å². The molecule has 3 aromatic carbocycles. The maximum Gasteiger partial charge on any atom is 0.311 e. The highest BCUT2D eigenvalue weighted by Crippen LogP contribution is 2.51. The Morgan fingerprint density at radius 2 is 0.728 bits per heavy atom. The zero-order valence-corrected chi connectivity index (χ0v) is 57.1. The number of hydrogen-bond donors (Lipinski definition) is 0. The molecule has 0 spiro atoms. The smallest absolute Gasteiger partial charge is 0.311 e. The molecule has 2 aliphatic rings. The number of carbonyl (C=O) groups excluding carboxylic acids is 1. The van der Waals surface area contributed by atoms with Gasteiger partial charge in [0.1, 0.15) is 55.4 Å². The van der Waals surface area contributed by atoms with Gasteiger partial charge in [0.15, 0.2) is 12.6 Å². The fraction of sp³-hybridized carbons (Fsp3) is 0.712. The predicted molar refractivity (Wildman–Crippen MR) is 334 cm³/mol. The highest BCUT2D eigenvalue weighted by Gasteiger charge is 2.61. The van der Waals surface area contributed by atoms with Crippen LogP contribution in [0.1, 0.15) is 162 Å². The first-order valence-electron chi connectivity index (χ1n) is 30.7. The van der Waals surface area contributed by atoms with E-state index >= 15 is 0 Å². The van der Waals surface area contributed by atoms with E-state index in [1.165, 1.54) is 0 Å². The maximum atomic E-state index is 14.0. The van der Waals surface area contributed by atoms with Crippen LogP contribution in [0, 0.1) is 5.41 Å².